The average Bonchev–Trinajstić information content (AvgIpc) is 2.57. The second kappa shape index (κ2) is 6.52. The van der Waals surface area contributed by atoms with Crippen molar-refractivity contribution in [2.75, 3.05) is 13.1 Å². The van der Waals surface area contributed by atoms with Gasteiger partial charge in [-0.3, -0.25) is 9.78 Å². The number of carbonyl (C=O) groups is 1. The molecule has 112 valence electrons. The maximum atomic E-state index is 12.4. The number of aryl methyl sites for hydroxylation is 1. The molecule has 4 heteroatoms. The van der Waals surface area contributed by atoms with Gasteiger partial charge < -0.3 is 4.90 Å². The van der Waals surface area contributed by atoms with Gasteiger partial charge in [-0.25, -0.2) is 4.98 Å². The molecule has 1 fully saturated rings. The Bertz CT molecular complexity index is 667. The predicted molar refractivity (Wildman–Crippen MR) is 86.3 cm³/mol. The molecule has 22 heavy (non-hydrogen) atoms. The molecule has 3 rings (SSSR count). The Labute approximate surface area is 130 Å². The number of likely N-dealkylation sites (tertiary alicyclic amines) is 1. The Kier molecular flexibility index (Phi) is 4.28. The summed E-state index contributed by atoms with van der Waals surface area (Å²) in [6.45, 7) is 3.35. The number of nitrogens with zero attached hydrogens (tertiary/aromatic N) is 3. The predicted octanol–water partition coefficient (Wildman–Crippen LogP) is 3.10. The van der Waals surface area contributed by atoms with Gasteiger partial charge in [0.15, 0.2) is 0 Å². The van der Waals surface area contributed by atoms with Crippen molar-refractivity contribution in [3.8, 4) is 0 Å². The van der Waals surface area contributed by atoms with E-state index in [1.54, 1.807) is 12.4 Å². The molecule has 1 aliphatic rings. The van der Waals surface area contributed by atoms with Crippen molar-refractivity contribution in [2.24, 2.45) is 0 Å². The SMILES string of the molecule is Cc1cnc(C(=O)N2CCC(=Cc3ccccc3)CC2)cn1. The van der Waals surface area contributed by atoms with Crippen molar-refractivity contribution < 1.29 is 4.79 Å². The summed E-state index contributed by atoms with van der Waals surface area (Å²) < 4.78 is 0. The fourth-order valence-corrected chi connectivity index (χ4v) is 2.59. The molecule has 1 aromatic carbocycles. The van der Waals surface area contributed by atoms with Crippen LogP contribution in [0.5, 0.6) is 0 Å². The summed E-state index contributed by atoms with van der Waals surface area (Å²) in [6.07, 6.45) is 7.26. The van der Waals surface area contributed by atoms with Crippen molar-refractivity contribution in [2.45, 2.75) is 19.8 Å². The zero-order valence-corrected chi connectivity index (χ0v) is 12.7. The normalized spacial score (nSPS) is 14.8. The number of rotatable bonds is 2. The minimum atomic E-state index is -0.0220. The lowest BCUT2D eigenvalue weighted by Crippen LogP contribution is -2.36. The van der Waals surface area contributed by atoms with E-state index in [1.807, 2.05) is 30.0 Å². The van der Waals surface area contributed by atoms with E-state index in [4.69, 9.17) is 0 Å². The Morgan fingerprint density at radius 3 is 2.45 bits per heavy atom. The molecule has 0 aliphatic carbocycles. The zero-order valence-electron chi connectivity index (χ0n) is 12.7. The largest absolute Gasteiger partial charge is 0.337 e. The molecular weight excluding hydrogens is 274 g/mol. The second-order valence-electron chi connectivity index (χ2n) is 5.55. The fraction of sp³-hybridized carbons (Fsp3) is 0.278. The van der Waals surface area contributed by atoms with E-state index in [0.29, 0.717) is 5.69 Å². The highest BCUT2D eigenvalue weighted by molar-refractivity contribution is 5.92. The van der Waals surface area contributed by atoms with Crippen LogP contribution in [-0.4, -0.2) is 33.9 Å². The minimum Gasteiger partial charge on any atom is -0.337 e. The first-order valence-corrected chi connectivity index (χ1v) is 7.55. The van der Waals surface area contributed by atoms with Crippen LogP contribution in [0.15, 0.2) is 48.3 Å². The van der Waals surface area contributed by atoms with Crippen LogP contribution in [0.3, 0.4) is 0 Å². The molecule has 0 radical (unpaired) electrons. The van der Waals surface area contributed by atoms with Gasteiger partial charge in [-0.2, -0.15) is 0 Å². The lowest BCUT2D eigenvalue weighted by Gasteiger charge is -2.28. The van der Waals surface area contributed by atoms with Crippen LogP contribution < -0.4 is 0 Å². The van der Waals surface area contributed by atoms with E-state index in [2.05, 4.69) is 28.2 Å². The van der Waals surface area contributed by atoms with Crippen LogP contribution in [0.2, 0.25) is 0 Å². The van der Waals surface area contributed by atoms with Crippen molar-refractivity contribution in [1.29, 1.82) is 0 Å². The van der Waals surface area contributed by atoms with Gasteiger partial charge in [0.1, 0.15) is 5.69 Å². The summed E-state index contributed by atoms with van der Waals surface area (Å²) in [7, 11) is 0. The first-order valence-electron chi connectivity index (χ1n) is 7.55. The van der Waals surface area contributed by atoms with Gasteiger partial charge in [0, 0.05) is 19.3 Å². The van der Waals surface area contributed by atoms with Crippen LogP contribution in [0.4, 0.5) is 0 Å². The summed E-state index contributed by atoms with van der Waals surface area (Å²) in [5.74, 6) is -0.0220. The van der Waals surface area contributed by atoms with Crippen LogP contribution in [-0.2, 0) is 0 Å². The highest BCUT2D eigenvalue weighted by atomic mass is 16.2. The third-order valence-electron chi connectivity index (χ3n) is 3.86. The number of benzene rings is 1. The summed E-state index contributed by atoms with van der Waals surface area (Å²) >= 11 is 0. The molecular formula is C18H19N3O. The maximum absolute atomic E-state index is 12.4. The summed E-state index contributed by atoms with van der Waals surface area (Å²) in [5.41, 5.74) is 3.87. The maximum Gasteiger partial charge on any atom is 0.274 e. The Balaban J connectivity index is 1.63. The second-order valence-corrected chi connectivity index (χ2v) is 5.55. The zero-order chi connectivity index (χ0) is 15.4. The lowest BCUT2D eigenvalue weighted by atomic mass is 10.0. The molecule has 2 aromatic rings. The first-order chi connectivity index (χ1) is 10.7. The summed E-state index contributed by atoms with van der Waals surface area (Å²) in [6, 6.07) is 10.3. The Hall–Kier alpha value is -2.49. The monoisotopic (exact) mass is 293 g/mol. The number of piperidine rings is 1. The van der Waals surface area contributed by atoms with Gasteiger partial charge in [-0.1, -0.05) is 42.0 Å². The van der Waals surface area contributed by atoms with Crippen LogP contribution in [0.25, 0.3) is 6.08 Å². The van der Waals surface area contributed by atoms with Gasteiger partial charge in [0.2, 0.25) is 0 Å². The number of carbonyl (C=O) groups excluding carboxylic acids is 1. The van der Waals surface area contributed by atoms with Crippen molar-refractivity contribution in [3.05, 3.63) is 65.2 Å². The van der Waals surface area contributed by atoms with Crippen molar-refractivity contribution >= 4 is 12.0 Å². The van der Waals surface area contributed by atoms with E-state index in [9.17, 15) is 4.79 Å². The van der Waals surface area contributed by atoms with E-state index < -0.39 is 0 Å². The topological polar surface area (TPSA) is 46.1 Å². The van der Waals surface area contributed by atoms with E-state index in [0.717, 1.165) is 31.6 Å². The highest BCUT2D eigenvalue weighted by Gasteiger charge is 2.21. The van der Waals surface area contributed by atoms with Crippen molar-refractivity contribution in [1.82, 2.24) is 14.9 Å². The van der Waals surface area contributed by atoms with E-state index in [-0.39, 0.29) is 5.91 Å². The summed E-state index contributed by atoms with van der Waals surface area (Å²) in [4.78, 5) is 22.6. The third kappa shape index (κ3) is 3.39. The van der Waals surface area contributed by atoms with Gasteiger partial charge in [0.05, 0.1) is 11.9 Å². The average molecular weight is 293 g/mol. The minimum absolute atomic E-state index is 0.0220. The molecule has 0 N–H and O–H groups in total. The lowest BCUT2D eigenvalue weighted by molar-refractivity contribution is 0.0737. The Morgan fingerprint density at radius 1 is 1.09 bits per heavy atom. The van der Waals surface area contributed by atoms with Crippen LogP contribution >= 0.6 is 0 Å². The fourth-order valence-electron chi connectivity index (χ4n) is 2.59. The molecule has 0 unspecified atom stereocenters. The van der Waals surface area contributed by atoms with E-state index >= 15 is 0 Å². The summed E-state index contributed by atoms with van der Waals surface area (Å²) in [5, 5.41) is 0. The molecule has 1 aromatic heterocycles. The number of amides is 1. The molecule has 4 nitrogen and oxygen atoms in total. The van der Waals surface area contributed by atoms with Gasteiger partial charge in [0.25, 0.3) is 5.91 Å². The molecule has 1 aliphatic heterocycles. The van der Waals surface area contributed by atoms with Crippen LogP contribution in [0, 0.1) is 6.92 Å². The third-order valence-corrected chi connectivity index (χ3v) is 3.86. The quantitative estimate of drug-likeness (QED) is 0.854. The standard InChI is InChI=1S/C18H19N3O/c1-14-12-20-17(13-19-14)18(22)21-9-7-16(8-10-21)11-15-5-3-2-4-6-15/h2-6,11-13H,7-10H2,1H3. The molecule has 1 amide bonds. The molecule has 2 heterocycles. The van der Waals surface area contributed by atoms with Crippen molar-refractivity contribution in [3.63, 3.8) is 0 Å². The van der Waals surface area contributed by atoms with Gasteiger partial charge in [-0.05, 0) is 25.3 Å². The van der Waals surface area contributed by atoms with Gasteiger partial charge >= 0.3 is 0 Å². The smallest absolute Gasteiger partial charge is 0.274 e. The molecule has 0 saturated carbocycles. The highest BCUT2D eigenvalue weighted by Crippen LogP contribution is 2.20. The first kappa shape index (κ1) is 14.4. The molecule has 0 atom stereocenters. The number of aromatic nitrogens is 2. The van der Waals surface area contributed by atoms with E-state index in [1.165, 1.54) is 11.1 Å². The molecule has 1 saturated heterocycles. The number of hydrogen-bond acceptors (Lipinski definition) is 3. The van der Waals surface area contributed by atoms with Crippen LogP contribution in [0.1, 0.15) is 34.6 Å². The Morgan fingerprint density at radius 2 is 1.82 bits per heavy atom. The molecule has 0 bridgehead atoms. The van der Waals surface area contributed by atoms with Gasteiger partial charge in [-0.15, -0.1) is 0 Å². The molecule has 0 spiro atoms. The number of hydrogen-bond donors (Lipinski definition) is 0.